The number of aryl methyl sites for hydroxylation is 2. The number of piperidine rings is 1. The van der Waals surface area contributed by atoms with E-state index in [1.165, 1.54) is 29.3 Å². The first-order valence-electron chi connectivity index (χ1n) is 10.8. The summed E-state index contributed by atoms with van der Waals surface area (Å²) in [5.41, 5.74) is 3.43. The fourth-order valence-electron chi connectivity index (χ4n) is 4.14. The number of hydrogen-bond donors (Lipinski definition) is 1. The smallest absolute Gasteiger partial charge is 0.230 e. The van der Waals surface area contributed by atoms with E-state index >= 15 is 0 Å². The molecule has 0 aliphatic carbocycles. The van der Waals surface area contributed by atoms with Gasteiger partial charge in [0.25, 0.3) is 0 Å². The van der Waals surface area contributed by atoms with Gasteiger partial charge in [0.2, 0.25) is 5.91 Å². The fraction of sp³-hybridized carbons (Fsp3) is 0.609. The normalized spacial score (nSPS) is 20.3. The second-order valence-corrected chi connectivity index (χ2v) is 10.4. The third-order valence-corrected chi connectivity index (χ3v) is 7.00. The Morgan fingerprint density at radius 1 is 1.20 bits per heavy atom. The molecule has 164 valence electrons. The van der Waals surface area contributed by atoms with Gasteiger partial charge in [-0.15, -0.1) is 10.2 Å². The van der Waals surface area contributed by atoms with E-state index < -0.39 is 0 Å². The lowest BCUT2D eigenvalue weighted by Gasteiger charge is -2.45. The maximum Gasteiger partial charge on any atom is 0.230 e. The summed E-state index contributed by atoms with van der Waals surface area (Å²) >= 11 is 1.42. The number of carbonyl (C=O) groups is 1. The monoisotopic (exact) mass is 429 g/mol. The number of hydrogen-bond acceptors (Lipinski definition) is 5. The van der Waals surface area contributed by atoms with Gasteiger partial charge in [-0.1, -0.05) is 31.7 Å². The van der Waals surface area contributed by atoms with E-state index in [1.807, 2.05) is 4.57 Å². The molecule has 0 saturated carbocycles. The lowest BCUT2D eigenvalue weighted by molar-refractivity contribution is -0.119. The molecule has 0 spiro atoms. The Balaban J connectivity index is 1.54. The minimum absolute atomic E-state index is 0.0285. The summed E-state index contributed by atoms with van der Waals surface area (Å²) in [6.45, 7) is 16.1. The number of benzene rings is 1. The number of rotatable bonds is 7. The molecule has 1 aliphatic rings. The van der Waals surface area contributed by atoms with Crippen molar-refractivity contribution in [2.75, 3.05) is 25.4 Å². The lowest BCUT2D eigenvalue weighted by atomic mass is 9.88. The first-order valence-corrected chi connectivity index (χ1v) is 11.8. The molecule has 1 amide bonds. The van der Waals surface area contributed by atoms with Crippen molar-refractivity contribution in [2.45, 2.75) is 58.7 Å². The van der Waals surface area contributed by atoms with Crippen LogP contribution in [0.25, 0.3) is 5.69 Å². The van der Waals surface area contributed by atoms with Gasteiger partial charge in [0.05, 0.1) is 5.75 Å². The van der Waals surface area contributed by atoms with Crippen molar-refractivity contribution in [3.8, 4) is 5.69 Å². The highest BCUT2D eigenvalue weighted by Crippen LogP contribution is 2.27. The highest BCUT2D eigenvalue weighted by atomic mass is 32.2. The molecule has 1 aromatic carbocycles. The number of likely N-dealkylation sites (tertiary alicyclic amines) is 1. The number of nitrogens with one attached hydrogen (secondary N) is 1. The van der Waals surface area contributed by atoms with Crippen LogP contribution in [0.3, 0.4) is 0 Å². The Bertz CT molecular complexity index is 868. The van der Waals surface area contributed by atoms with Crippen LogP contribution in [0.5, 0.6) is 0 Å². The van der Waals surface area contributed by atoms with Gasteiger partial charge in [-0.2, -0.15) is 0 Å². The van der Waals surface area contributed by atoms with Gasteiger partial charge >= 0.3 is 0 Å². The Hall–Kier alpha value is -1.86. The number of thioether (sulfide) groups is 1. The van der Waals surface area contributed by atoms with E-state index in [2.05, 4.69) is 80.2 Å². The molecule has 7 heteroatoms. The summed E-state index contributed by atoms with van der Waals surface area (Å²) in [5.74, 6) is 1.76. The van der Waals surface area contributed by atoms with Gasteiger partial charge in [0.1, 0.15) is 6.33 Å². The summed E-state index contributed by atoms with van der Waals surface area (Å²) < 4.78 is 1.94. The van der Waals surface area contributed by atoms with Crippen molar-refractivity contribution < 1.29 is 4.79 Å². The second-order valence-electron chi connectivity index (χ2n) is 9.48. The van der Waals surface area contributed by atoms with E-state index in [0.717, 1.165) is 23.9 Å². The van der Waals surface area contributed by atoms with Crippen LogP contribution in [0, 0.1) is 25.7 Å². The largest absolute Gasteiger partial charge is 0.354 e. The Morgan fingerprint density at radius 2 is 1.90 bits per heavy atom. The molecule has 1 aromatic heterocycles. The molecular weight excluding hydrogens is 394 g/mol. The summed E-state index contributed by atoms with van der Waals surface area (Å²) in [4.78, 5) is 15.1. The highest BCUT2D eigenvalue weighted by Gasteiger charge is 2.32. The predicted molar refractivity (Wildman–Crippen MR) is 123 cm³/mol. The van der Waals surface area contributed by atoms with Crippen LogP contribution in [0.4, 0.5) is 0 Å². The molecule has 1 N–H and O–H groups in total. The van der Waals surface area contributed by atoms with Crippen molar-refractivity contribution in [3.05, 3.63) is 35.7 Å². The maximum absolute atomic E-state index is 12.5. The maximum atomic E-state index is 12.5. The molecule has 1 aliphatic heterocycles. The van der Waals surface area contributed by atoms with Gasteiger partial charge in [0.15, 0.2) is 5.16 Å². The van der Waals surface area contributed by atoms with Gasteiger partial charge in [0, 0.05) is 30.9 Å². The fourth-order valence-corrected chi connectivity index (χ4v) is 4.90. The molecule has 3 rings (SSSR count). The van der Waals surface area contributed by atoms with Gasteiger partial charge < -0.3 is 5.32 Å². The van der Waals surface area contributed by atoms with E-state index in [-0.39, 0.29) is 11.4 Å². The minimum Gasteiger partial charge on any atom is -0.354 e. The van der Waals surface area contributed by atoms with Crippen molar-refractivity contribution in [1.29, 1.82) is 0 Å². The van der Waals surface area contributed by atoms with Crippen molar-refractivity contribution >= 4 is 17.7 Å². The predicted octanol–water partition coefficient (Wildman–Crippen LogP) is 3.85. The molecule has 30 heavy (non-hydrogen) atoms. The van der Waals surface area contributed by atoms with Crippen molar-refractivity contribution in [2.24, 2.45) is 11.8 Å². The molecule has 6 nitrogen and oxygen atoms in total. The Labute approximate surface area is 184 Å². The molecular formula is C23H35N5OS. The summed E-state index contributed by atoms with van der Waals surface area (Å²) in [6, 6.07) is 6.26. The SMILES string of the molecule is Cc1ccc(-n2cnnc2SCC(=O)NCC(C)(C)N2C[C@@H](C)C[C@H](C)C2)cc1C. The average molecular weight is 430 g/mol. The third kappa shape index (κ3) is 5.64. The molecule has 0 radical (unpaired) electrons. The van der Waals surface area contributed by atoms with E-state index in [1.54, 1.807) is 6.33 Å². The van der Waals surface area contributed by atoms with E-state index in [0.29, 0.717) is 24.1 Å². The molecule has 2 heterocycles. The van der Waals surface area contributed by atoms with Gasteiger partial charge in [-0.3, -0.25) is 14.3 Å². The zero-order chi connectivity index (χ0) is 21.9. The Kier molecular flexibility index (Phi) is 7.24. The van der Waals surface area contributed by atoms with Crippen LogP contribution in [-0.2, 0) is 4.79 Å². The molecule has 0 unspecified atom stereocenters. The minimum atomic E-state index is -0.0529. The van der Waals surface area contributed by atoms with E-state index in [4.69, 9.17) is 0 Å². The average Bonchev–Trinajstić information content (AvgIpc) is 3.15. The van der Waals surface area contributed by atoms with Crippen molar-refractivity contribution in [3.63, 3.8) is 0 Å². The van der Waals surface area contributed by atoms with Crippen molar-refractivity contribution in [1.82, 2.24) is 25.0 Å². The van der Waals surface area contributed by atoms with Crippen LogP contribution < -0.4 is 5.32 Å². The van der Waals surface area contributed by atoms with Gasteiger partial charge in [-0.25, -0.2) is 0 Å². The highest BCUT2D eigenvalue weighted by molar-refractivity contribution is 7.99. The van der Waals surface area contributed by atoms with Crippen LogP contribution >= 0.6 is 11.8 Å². The van der Waals surface area contributed by atoms with Crippen LogP contribution in [0.1, 0.15) is 45.2 Å². The molecule has 2 atom stereocenters. The number of carbonyl (C=O) groups excluding carboxylic acids is 1. The zero-order valence-electron chi connectivity index (χ0n) is 19.1. The molecule has 1 fully saturated rings. The van der Waals surface area contributed by atoms with Crippen LogP contribution in [0.15, 0.2) is 29.7 Å². The quantitative estimate of drug-likeness (QED) is 0.678. The molecule has 1 saturated heterocycles. The third-order valence-electron chi connectivity index (χ3n) is 6.06. The number of aromatic nitrogens is 3. The first kappa shape index (κ1) is 22.8. The summed E-state index contributed by atoms with van der Waals surface area (Å²) in [7, 11) is 0. The zero-order valence-corrected chi connectivity index (χ0v) is 19.9. The van der Waals surface area contributed by atoms with Crippen LogP contribution in [0.2, 0.25) is 0 Å². The number of amides is 1. The first-order chi connectivity index (χ1) is 14.2. The lowest BCUT2D eigenvalue weighted by Crippen LogP contribution is -2.56. The molecule has 0 bridgehead atoms. The number of nitrogens with zero attached hydrogens (tertiary/aromatic N) is 4. The van der Waals surface area contributed by atoms with Crippen LogP contribution in [-0.4, -0.2) is 56.5 Å². The summed E-state index contributed by atoms with van der Waals surface area (Å²) in [6.07, 6.45) is 2.99. The standard InChI is InChI=1S/C23H35N5OS/c1-16-9-17(2)12-27(11-16)23(5,6)14-24-21(29)13-30-22-26-25-15-28(22)20-8-7-18(3)19(4)10-20/h7-8,10,15-17H,9,11-14H2,1-6H3,(H,24,29)/t16-,17-/m0/s1. The molecule has 2 aromatic rings. The van der Waals surface area contributed by atoms with Gasteiger partial charge in [-0.05, 0) is 69.2 Å². The topological polar surface area (TPSA) is 63.1 Å². The second kappa shape index (κ2) is 9.52. The van der Waals surface area contributed by atoms with E-state index in [9.17, 15) is 4.79 Å². The summed E-state index contributed by atoms with van der Waals surface area (Å²) in [5, 5.41) is 12.1. The Morgan fingerprint density at radius 3 is 2.57 bits per heavy atom.